The van der Waals surface area contributed by atoms with Gasteiger partial charge in [-0.3, -0.25) is 14.4 Å². The van der Waals surface area contributed by atoms with Gasteiger partial charge in [-0.05, 0) is 45.9 Å². The number of carbonyl (C=O) groups excluding carboxylic acids is 3. The Labute approximate surface area is 225 Å². The molecule has 1 saturated heterocycles. The maximum Gasteiger partial charge on any atom is 0.410 e. The van der Waals surface area contributed by atoms with E-state index in [1.54, 1.807) is 52.2 Å². The number of ether oxygens (including phenoxy) is 3. The van der Waals surface area contributed by atoms with Crippen LogP contribution in [0.15, 0.2) is 55.0 Å². The number of carbonyl (C=O) groups is 3. The Morgan fingerprint density at radius 3 is 2.44 bits per heavy atom. The minimum atomic E-state index is -1.25. The molecule has 3 atom stereocenters. The molecule has 0 spiro atoms. The van der Waals surface area contributed by atoms with Crippen molar-refractivity contribution in [3.8, 4) is 6.01 Å². The van der Waals surface area contributed by atoms with Crippen LogP contribution in [0.3, 0.4) is 0 Å². The van der Waals surface area contributed by atoms with Gasteiger partial charge in [0.1, 0.15) is 5.60 Å². The maximum atomic E-state index is 13.7. The maximum absolute atomic E-state index is 13.7. The number of hydrogen-bond acceptors (Lipinski definition) is 9. The topological polar surface area (TPSA) is 129 Å². The molecule has 12 nitrogen and oxygen atoms in total. The van der Waals surface area contributed by atoms with E-state index >= 15 is 0 Å². The monoisotopic (exact) mass is 534 g/mol. The quantitative estimate of drug-likeness (QED) is 0.454. The molecule has 204 valence electrons. The van der Waals surface area contributed by atoms with Crippen molar-refractivity contribution in [1.82, 2.24) is 24.6 Å². The SMILES string of the molecule is C[C@H]1Cn2ncc(N3C[C@@H](Oc4ncccn4)[C@H](OC(=O)c4ccccc4)C3=O)c2CN1C(=O)OC(C)(C)C. The number of anilines is 1. The predicted molar refractivity (Wildman–Crippen MR) is 138 cm³/mol. The van der Waals surface area contributed by atoms with Crippen molar-refractivity contribution in [2.75, 3.05) is 11.4 Å². The number of aromatic nitrogens is 4. The first-order chi connectivity index (χ1) is 18.6. The van der Waals surface area contributed by atoms with Gasteiger partial charge in [0.15, 0.2) is 6.10 Å². The second-order valence-electron chi connectivity index (χ2n) is 10.4. The van der Waals surface area contributed by atoms with Crippen molar-refractivity contribution in [3.63, 3.8) is 0 Å². The molecule has 12 heteroatoms. The average molecular weight is 535 g/mol. The zero-order valence-corrected chi connectivity index (χ0v) is 22.2. The van der Waals surface area contributed by atoms with E-state index in [9.17, 15) is 14.4 Å². The van der Waals surface area contributed by atoms with Crippen LogP contribution in [0.2, 0.25) is 0 Å². The summed E-state index contributed by atoms with van der Waals surface area (Å²) in [5, 5.41) is 4.47. The molecule has 0 N–H and O–H groups in total. The Morgan fingerprint density at radius 1 is 1.03 bits per heavy atom. The lowest BCUT2D eigenvalue weighted by Crippen LogP contribution is -2.47. The van der Waals surface area contributed by atoms with Gasteiger partial charge >= 0.3 is 18.1 Å². The van der Waals surface area contributed by atoms with E-state index in [0.29, 0.717) is 23.5 Å². The van der Waals surface area contributed by atoms with Gasteiger partial charge in [-0.2, -0.15) is 5.10 Å². The number of hydrogen-bond donors (Lipinski definition) is 0. The number of nitrogens with zero attached hydrogens (tertiary/aromatic N) is 6. The Hall–Kier alpha value is -4.48. The molecule has 2 aromatic heterocycles. The molecule has 2 amide bonds. The van der Waals surface area contributed by atoms with E-state index in [0.717, 1.165) is 0 Å². The lowest BCUT2D eigenvalue weighted by Gasteiger charge is -2.36. The summed E-state index contributed by atoms with van der Waals surface area (Å²) in [6.45, 7) is 8.03. The third-order valence-electron chi connectivity index (χ3n) is 6.39. The van der Waals surface area contributed by atoms with E-state index in [1.165, 1.54) is 17.3 Å². The second kappa shape index (κ2) is 10.4. The summed E-state index contributed by atoms with van der Waals surface area (Å²) in [5.41, 5.74) is 0.823. The summed E-state index contributed by atoms with van der Waals surface area (Å²) in [6.07, 6.45) is 2.04. The van der Waals surface area contributed by atoms with Gasteiger partial charge < -0.3 is 19.1 Å². The van der Waals surface area contributed by atoms with Crippen LogP contribution in [0.4, 0.5) is 10.5 Å². The highest BCUT2D eigenvalue weighted by atomic mass is 16.6. The van der Waals surface area contributed by atoms with Crippen molar-refractivity contribution in [2.24, 2.45) is 0 Å². The van der Waals surface area contributed by atoms with Gasteiger partial charge in [-0.25, -0.2) is 19.6 Å². The zero-order chi connectivity index (χ0) is 27.7. The van der Waals surface area contributed by atoms with Crippen LogP contribution in [0.1, 0.15) is 43.7 Å². The minimum Gasteiger partial charge on any atom is -0.454 e. The van der Waals surface area contributed by atoms with E-state index in [-0.39, 0.29) is 25.1 Å². The summed E-state index contributed by atoms with van der Waals surface area (Å²) in [4.78, 5) is 50.8. The van der Waals surface area contributed by atoms with Crippen molar-refractivity contribution < 1.29 is 28.6 Å². The van der Waals surface area contributed by atoms with E-state index < -0.39 is 35.8 Å². The smallest absolute Gasteiger partial charge is 0.410 e. The van der Waals surface area contributed by atoms with Crippen LogP contribution in [0.5, 0.6) is 6.01 Å². The fourth-order valence-electron chi connectivity index (χ4n) is 4.54. The highest BCUT2D eigenvalue weighted by molar-refractivity contribution is 6.02. The standard InChI is InChI=1S/C27H30N6O6/c1-17-14-33-20(15-31(17)26(36)39-27(2,3)4)19(13-30-33)32-16-21(37-25-28-11-8-12-29-25)22(23(32)34)38-24(35)18-9-6-5-7-10-18/h5-13,17,21-22H,14-16H2,1-4H3/t17-,21+,22-/m0/s1. The van der Waals surface area contributed by atoms with Gasteiger partial charge in [0.05, 0.1) is 48.8 Å². The summed E-state index contributed by atoms with van der Waals surface area (Å²) < 4.78 is 19.0. The predicted octanol–water partition coefficient (Wildman–Crippen LogP) is 2.83. The molecular weight excluding hydrogens is 504 g/mol. The molecule has 2 aliphatic heterocycles. The number of amides is 2. The first-order valence-corrected chi connectivity index (χ1v) is 12.7. The molecule has 39 heavy (non-hydrogen) atoms. The van der Waals surface area contributed by atoms with Gasteiger partial charge in [0, 0.05) is 12.4 Å². The Balaban J connectivity index is 1.42. The Bertz CT molecular complexity index is 1360. The number of benzene rings is 1. The number of esters is 1. The Kier molecular flexibility index (Phi) is 6.94. The molecule has 0 bridgehead atoms. The van der Waals surface area contributed by atoms with Crippen LogP contribution in [0.25, 0.3) is 0 Å². The van der Waals surface area contributed by atoms with Gasteiger partial charge in [-0.1, -0.05) is 18.2 Å². The third-order valence-corrected chi connectivity index (χ3v) is 6.39. The highest BCUT2D eigenvalue weighted by Gasteiger charge is 2.48. The van der Waals surface area contributed by atoms with Gasteiger partial charge in [0.2, 0.25) is 6.10 Å². The van der Waals surface area contributed by atoms with Crippen molar-refractivity contribution in [1.29, 1.82) is 0 Å². The fraction of sp³-hybridized carbons (Fsp3) is 0.407. The number of fused-ring (bicyclic) bond motifs is 1. The first-order valence-electron chi connectivity index (χ1n) is 12.7. The van der Waals surface area contributed by atoms with Crippen LogP contribution in [-0.4, -0.2) is 73.0 Å². The number of rotatable bonds is 5. The summed E-state index contributed by atoms with van der Waals surface area (Å²) >= 11 is 0. The van der Waals surface area contributed by atoms with Crippen molar-refractivity contribution >= 4 is 23.7 Å². The highest BCUT2D eigenvalue weighted by Crippen LogP contribution is 2.32. The molecule has 0 aliphatic carbocycles. The lowest BCUT2D eigenvalue weighted by molar-refractivity contribution is -0.127. The molecule has 0 radical (unpaired) electrons. The van der Waals surface area contributed by atoms with Crippen LogP contribution in [0, 0.1) is 0 Å². The van der Waals surface area contributed by atoms with Gasteiger partial charge in [0.25, 0.3) is 5.91 Å². The average Bonchev–Trinajstić information content (AvgIpc) is 3.43. The fourth-order valence-corrected chi connectivity index (χ4v) is 4.54. The van der Waals surface area contributed by atoms with Crippen molar-refractivity contribution in [3.05, 3.63) is 66.2 Å². The molecule has 4 heterocycles. The molecule has 1 aromatic carbocycles. The molecular formula is C27H30N6O6. The third kappa shape index (κ3) is 5.54. The first kappa shape index (κ1) is 26.1. The summed E-state index contributed by atoms with van der Waals surface area (Å²) in [6, 6.07) is 9.95. The second-order valence-corrected chi connectivity index (χ2v) is 10.4. The molecule has 5 rings (SSSR count). The van der Waals surface area contributed by atoms with E-state index in [2.05, 4.69) is 15.1 Å². The van der Waals surface area contributed by atoms with E-state index in [4.69, 9.17) is 14.2 Å². The zero-order valence-electron chi connectivity index (χ0n) is 22.2. The van der Waals surface area contributed by atoms with Crippen LogP contribution in [-0.2, 0) is 27.4 Å². The van der Waals surface area contributed by atoms with Crippen LogP contribution >= 0.6 is 0 Å². The molecule has 1 fully saturated rings. The largest absolute Gasteiger partial charge is 0.454 e. The van der Waals surface area contributed by atoms with Crippen LogP contribution < -0.4 is 9.64 Å². The van der Waals surface area contributed by atoms with Crippen molar-refractivity contribution in [2.45, 2.75) is 64.6 Å². The van der Waals surface area contributed by atoms with Gasteiger partial charge in [-0.15, -0.1) is 0 Å². The molecule has 2 aliphatic rings. The molecule has 0 unspecified atom stereocenters. The lowest BCUT2D eigenvalue weighted by atomic mass is 10.2. The molecule has 3 aromatic rings. The van der Waals surface area contributed by atoms with E-state index in [1.807, 2.05) is 27.7 Å². The summed E-state index contributed by atoms with van der Waals surface area (Å²) in [5.74, 6) is -1.13. The molecule has 0 saturated carbocycles. The summed E-state index contributed by atoms with van der Waals surface area (Å²) in [7, 11) is 0. The minimum absolute atomic E-state index is 0.0554. The Morgan fingerprint density at radius 2 is 1.74 bits per heavy atom. The normalized spacial score (nSPS) is 20.9.